The zero-order chi connectivity index (χ0) is 31.9. The number of nitrogens with two attached hydrogens (primary N) is 1. The van der Waals surface area contributed by atoms with E-state index in [-0.39, 0.29) is 24.0 Å². The van der Waals surface area contributed by atoms with Crippen molar-refractivity contribution in [2.45, 2.75) is 18.9 Å². The van der Waals surface area contributed by atoms with Crippen LogP contribution in [0.5, 0.6) is 5.75 Å². The molecule has 0 radical (unpaired) electrons. The van der Waals surface area contributed by atoms with Crippen molar-refractivity contribution in [3.8, 4) is 5.75 Å². The third-order valence-corrected chi connectivity index (χ3v) is 6.89. The summed E-state index contributed by atoms with van der Waals surface area (Å²) < 4.78 is 33.0. The fraction of sp³-hybridized carbons (Fsp3) is 0.484. The van der Waals surface area contributed by atoms with Crippen molar-refractivity contribution in [2.75, 3.05) is 90.3 Å². The highest BCUT2D eigenvalue weighted by Crippen LogP contribution is 2.32. The van der Waals surface area contributed by atoms with Gasteiger partial charge in [0.15, 0.2) is 0 Å². The first-order chi connectivity index (χ1) is 22.0. The van der Waals surface area contributed by atoms with E-state index in [1.807, 2.05) is 12.1 Å². The fourth-order valence-electron chi connectivity index (χ4n) is 4.68. The Kier molecular flexibility index (Phi) is 13.5. The van der Waals surface area contributed by atoms with E-state index < -0.39 is 29.7 Å². The van der Waals surface area contributed by atoms with Gasteiger partial charge in [-0.15, -0.1) is 0 Å². The number of hydrogen-bond donors (Lipinski definition) is 3. The maximum atomic E-state index is 13.1. The highest BCUT2D eigenvalue weighted by atomic mass is 16.6. The first-order valence-electron chi connectivity index (χ1n) is 14.9. The Bertz CT molecular complexity index is 1290. The van der Waals surface area contributed by atoms with E-state index in [2.05, 4.69) is 10.6 Å². The van der Waals surface area contributed by atoms with Crippen molar-refractivity contribution in [3.05, 3.63) is 53.6 Å². The lowest BCUT2D eigenvalue weighted by atomic mass is 10.0. The Morgan fingerprint density at radius 1 is 0.733 bits per heavy atom. The molecule has 1 atom stereocenters. The molecule has 0 aromatic heterocycles. The molecule has 4 N–H and O–H groups in total. The van der Waals surface area contributed by atoms with Crippen LogP contribution < -0.4 is 21.1 Å². The van der Waals surface area contributed by atoms with Gasteiger partial charge in [-0.1, -0.05) is 6.07 Å². The van der Waals surface area contributed by atoms with Crippen LogP contribution in [-0.2, 0) is 33.3 Å². The molecule has 244 valence electrons. The van der Waals surface area contributed by atoms with Crippen molar-refractivity contribution in [2.24, 2.45) is 0 Å². The van der Waals surface area contributed by atoms with E-state index in [1.54, 1.807) is 30.3 Å². The average Bonchev–Trinajstić information content (AvgIpc) is 3.29. The molecule has 4 rings (SSSR count). The maximum Gasteiger partial charge on any atom is 0.264 e. The number of fused-ring (bicyclic) bond motifs is 1. The molecule has 2 heterocycles. The number of nitrogens with one attached hydrogen (secondary N) is 2. The molecule has 0 bridgehead atoms. The third-order valence-electron chi connectivity index (χ3n) is 6.89. The summed E-state index contributed by atoms with van der Waals surface area (Å²) >= 11 is 0. The van der Waals surface area contributed by atoms with Gasteiger partial charge in [-0.3, -0.25) is 29.4 Å². The van der Waals surface area contributed by atoms with E-state index in [0.29, 0.717) is 90.6 Å². The fourth-order valence-corrected chi connectivity index (χ4v) is 4.68. The summed E-state index contributed by atoms with van der Waals surface area (Å²) in [6.45, 7) is 5.14. The minimum atomic E-state index is -1.01. The minimum Gasteiger partial charge on any atom is -0.491 e. The van der Waals surface area contributed by atoms with E-state index in [9.17, 15) is 19.2 Å². The zero-order valence-corrected chi connectivity index (χ0v) is 25.1. The molecule has 45 heavy (non-hydrogen) atoms. The standard InChI is InChI=1S/C31H40N4O10/c32-22-4-6-23(7-5-22)45-21-20-44-19-18-43-17-16-42-15-14-41-13-12-40-11-10-33-25-3-1-2-24-28(25)31(39)35(30(24)38)26-8-9-27(36)34-29(26)37/h1-7,26,33H,8-21,32H2,(H,34,36,37). The van der Waals surface area contributed by atoms with Gasteiger partial charge in [-0.25, -0.2) is 0 Å². The minimum absolute atomic E-state index is 0.0691. The van der Waals surface area contributed by atoms with Gasteiger partial charge in [0, 0.05) is 24.3 Å². The largest absolute Gasteiger partial charge is 0.491 e. The number of amides is 4. The van der Waals surface area contributed by atoms with Crippen LogP contribution in [0.4, 0.5) is 11.4 Å². The number of ether oxygens (including phenoxy) is 6. The van der Waals surface area contributed by atoms with Gasteiger partial charge in [-0.05, 0) is 42.8 Å². The number of anilines is 2. The van der Waals surface area contributed by atoms with Crippen LogP contribution >= 0.6 is 0 Å². The lowest BCUT2D eigenvalue weighted by Crippen LogP contribution is -2.54. The van der Waals surface area contributed by atoms with E-state index in [4.69, 9.17) is 34.2 Å². The summed E-state index contributed by atoms with van der Waals surface area (Å²) in [4.78, 5) is 50.7. The molecule has 0 aliphatic carbocycles. The average molecular weight is 629 g/mol. The molecular formula is C31H40N4O10. The molecular weight excluding hydrogens is 588 g/mol. The van der Waals surface area contributed by atoms with Crippen molar-refractivity contribution in [1.82, 2.24) is 10.2 Å². The van der Waals surface area contributed by atoms with Gasteiger partial charge in [0.25, 0.3) is 11.8 Å². The summed E-state index contributed by atoms with van der Waals surface area (Å²) in [5.41, 5.74) is 7.25. The van der Waals surface area contributed by atoms with Gasteiger partial charge in [0.2, 0.25) is 11.8 Å². The maximum absolute atomic E-state index is 13.1. The van der Waals surface area contributed by atoms with Crippen LogP contribution in [0.15, 0.2) is 42.5 Å². The quantitative estimate of drug-likeness (QED) is 0.103. The highest BCUT2D eigenvalue weighted by Gasteiger charge is 2.45. The first kappa shape index (κ1) is 33.8. The summed E-state index contributed by atoms with van der Waals surface area (Å²) in [6.07, 6.45) is 0.176. The molecule has 1 saturated heterocycles. The third kappa shape index (κ3) is 10.2. The van der Waals surface area contributed by atoms with Crippen molar-refractivity contribution in [3.63, 3.8) is 0 Å². The molecule has 1 fully saturated rings. The SMILES string of the molecule is Nc1ccc(OCCOCCOCCOCCOCCOCCNc2cccc3c2C(=O)N(C2CCC(=O)NC2=O)C3=O)cc1. The summed E-state index contributed by atoms with van der Waals surface area (Å²) in [7, 11) is 0. The molecule has 0 spiro atoms. The molecule has 2 aromatic carbocycles. The van der Waals surface area contributed by atoms with E-state index in [1.165, 1.54) is 0 Å². The van der Waals surface area contributed by atoms with Gasteiger partial charge < -0.3 is 39.5 Å². The predicted octanol–water partition coefficient (Wildman–Crippen LogP) is 1.24. The van der Waals surface area contributed by atoms with Crippen molar-refractivity contribution in [1.29, 1.82) is 0 Å². The second-order valence-corrected chi connectivity index (χ2v) is 10.1. The topological polar surface area (TPSA) is 177 Å². The second kappa shape index (κ2) is 18.0. The van der Waals surface area contributed by atoms with Crippen molar-refractivity contribution >= 4 is 35.0 Å². The number of benzene rings is 2. The van der Waals surface area contributed by atoms with Crippen LogP contribution in [0.3, 0.4) is 0 Å². The number of piperidine rings is 1. The molecule has 2 aromatic rings. The molecule has 2 aliphatic rings. The lowest BCUT2D eigenvalue weighted by Gasteiger charge is -2.27. The smallest absolute Gasteiger partial charge is 0.264 e. The normalized spacial score (nSPS) is 16.2. The Morgan fingerprint density at radius 3 is 1.91 bits per heavy atom. The highest BCUT2D eigenvalue weighted by molar-refractivity contribution is 6.25. The summed E-state index contributed by atoms with van der Waals surface area (Å²) in [5.74, 6) is -1.41. The molecule has 0 saturated carbocycles. The number of nitrogen functional groups attached to an aromatic ring is 1. The zero-order valence-electron chi connectivity index (χ0n) is 25.1. The number of imide groups is 2. The molecule has 14 heteroatoms. The molecule has 4 amide bonds. The van der Waals surface area contributed by atoms with Crippen LogP contribution in [0.1, 0.15) is 33.6 Å². The number of hydrogen-bond acceptors (Lipinski definition) is 12. The summed E-state index contributed by atoms with van der Waals surface area (Å²) in [5, 5.41) is 5.32. The Labute approximate surface area is 261 Å². The Morgan fingerprint density at radius 2 is 1.31 bits per heavy atom. The van der Waals surface area contributed by atoms with Gasteiger partial charge >= 0.3 is 0 Å². The number of nitrogens with zero attached hydrogens (tertiary/aromatic N) is 1. The molecule has 1 unspecified atom stereocenters. The lowest BCUT2D eigenvalue weighted by molar-refractivity contribution is -0.136. The Balaban J connectivity index is 0.961. The number of carbonyl (C=O) groups is 4. The van der Waals surface area contributed by atoms with Crippen LogP contribution in [0.25, 0.3) is 0 Å². The number of carbonyl (C=O) groups excluding carboxylic acids is 4. The van der Waals surface area contributed by atoms with Gasteiger partial charge in [-0.2, -0.15) is 0 Å². The predicted molar refractivity (Wildman–Crippen MR) is 162 cm³/mol. The first-order valence-corrected chi connectivity index (χ1v) is 14.9. The van der Waals surface area contributed by atoms with E-state index in [0.717, 1.165) is 10.6 Å². The monoisotopic (exact) mass is 628 g/mol. The molecule has 14 nitrogen and oxygen atoms in total. The van der Waals surface area contributed by atoms with Crippen LogP contribution in [0.2, 0.25) is 0 Å². The second-order valence-electron chi connectivity index (χ2n) is 10.1. The van der Waals surface area contributed by atoms with E-state index >= 15 is 0 Å². The van der Waals surface area contributed by atoms with Crippen LogP contribution in [0, 0.1) is 0 Å². The van der Waals surface area contributed by atoms with Gasteiger partial charge in [0.1, 0.15) is 18.4 Å². The number of rotatable bonds is 21. The van der Waals surface area contributed by atoms with Crippen LogP contribution in [-0.4, -0.2) is 114 Å². The van der Waals surface area contributed by atoms with Gasteiger partial charge in [0.05, 0.1) is 77.2 Å². The Hall–Kier alpha value is -4.08. The van der Waals surface area contributed by atoms with Crippen molar-refractivity contribution < 1.29 is 47.6 Å². The molecule has 2 aliphatic heterocycles. The summed E-state index contributed by atoms with van der Waals surface area (Å²) in [6, 6.07) is 11.1.